The van der Waals surface area contributed by atoms with Gasteiger partial charge in [0, 0.05) is 49.1 Å². The molecule has 13 rings (SSSR count). The molecule has 3 nitrogen and oxygen atoms in total. The molecule has 4 heterocycles. The number of benzene rings is 9. The van der Waals surface area contributed by atoms with Crippen LogP contribution in [0.1, 0.15) is 0 Å². The fraction of sp³-hybridized carbons (Fsp3) is 0. The predicted molar refractivity (Wildman–Crippen MR) is 235 cm³/mol. The molecule has 0 N–H and O–H groups in total. The van der Waals surface area contributed by atoms with Gasteiger partial charge >= 0.3 is 0 Å². The summed E-state index contributed by atoms with van der Waals surface area (Å²) in [4.78, 5) is 5.42. The van der Waals surface area contributed by atoms with E-state index in [2.05, 4.69) is 197 Å². The number of nitrogens with zero attached hydrogens (tertiary/aromatic N) is 3. The second-order valence-electron chi connectivity index (χ2n) is 15.1. The summed E-state index contributed by atoms with van der Waals surface area (Å²) in [5.41, 5.74) is 14.2. The van der Waals surface area contributed by atoms with Crippen molar-refractivity contribution in [2.45, 2.75) is 0 Å². The standard InChI is InChI=1S/C53H31N3/c1-2-16-35(17-3-1)55-49-27-26-32-14-4-6-18-36(32)50(49)46-31-42(39-21-9-10-23-41(39)51(46)55)34-29-43-37-19-7-8-20-38(37)45-28-33-15-5-12-24-47(33)54-53(45)56-48-25-13-11-22-40(48)44(30-34)52(43)56/h1-31H. The topological polar surface area (TPSA) is 22.8 Å². The Morgan fingerprint density at radius 3 is 1.88 bits per heavy atom. The first-order valence-corrected chi connectivity index (χ1v) is 19.3. The monoisotopic (exact) mass is 709 g/mol. The lowest BCUT2D eigenvalue weighted by molar-refractivity contribution is 1.11. The fourth-order valence-electron chi connectivity index (χ4n) is 9.83. The highest BCUT2D eigenvalue weighted by Crippen LogP contribution is 2.50. The molecule has 0 unspecified atom stereocenters. The van der Waals surface area contributed by atoms with Crippen molar-refractivity contribution in [1.29, 1.82) is 0 Å². The first kappa shape index (κ1) is 29.9. The van der Waals surface area contributed by atoms with E-state index >= 15 is 0 Å². The van der Waals surface area contributed by atoms with Crippen LogP contribution in [-0.4, -0.2) is 14.1 Å². The summed E-state index contributed by atoms with van der Waals surface area (Å²) < 4.78 is 4.89. The van der Waals surface area contributed by atoms with Gasteiger partial charge in [-0.05, 0) is 93.0 Å². The van der Waals surface area contributed by atoms with E-state index in [1.54, 1.807) is 0 Å². The molecule has 0 saturated carbocycles. The van der Waals surface area contributed by atoms with Gasteiger partial charge in [-0.2, -0.15) is 0 Å². The Hall–Kier alpha value is -7.49. The molecule has 1 aliphatic heterocycles. The van der Waals surface area contributed by atoms with Crippen LogP contribution in [0, 0.1) is 0 Å². The molecule has 1 aliphatic rings. The Morgan fingerprint density at radius 1 is 0.339 bits per heavy atom. The molecule has 0 bridgehead atoms. The molecule has 3 heteroatoms. The fourth-order valence-corrected chi connectivity index (χ4v) is 9.83. The lowest BCUT2D eigenvalue weighted by atomic mass is 9.89. The van der Waals surface area contributed by atoms with Gasteiger partial charge < -0.3 is 4.57 Å². The largest absolute Gasteiger partial charge is 0.309 e. The average molecular weight is 710 g/mol. The predicted octanol–water partition coefficient (Wildman–Crippen LogP) is 14.0. The zero-order valence-corrected chi connectivity index (χ0v) is 30.2. The lowest BCUT2D eigenvalue weighted by Gasteiger charge is -2.15. The minimum atomic E-state index is 0.973. The van der Waals surface area contributed by atoms with Gasteiger partial charge in [0.15, 0.2) is 0 Å². The van der Waals surface area contributed by atoms with Gasteiger partial charge in [-0.15, -0.1) is 0 Å². The molecule has 12 aromatic rings. The molecule has 0 atom stereocenters. The zero-order chi connectivity index (χ0) is 36.5. The van der Waals surface area contributed by atoms with Gasteiger partial charge in [-0.3, -0.25) is 4.57 Å². The summed E-state index contributed by atoms with van der Waals surface area (Å²) in [5.74, 6) is 0.973. The summed E-state index contributed by atoms with van der Waals surface area (Å²) in [6.07, 6.45) is 0. The van der Waals surface area contributed by atoms with E-state index in [9.17, 15) is 0 Å². The van der Waals surface area contributed by atoms with Gasteiger partial charge in [0.1, 0.15) is 5.82 Å². The SMILES string of the molecule is c1ccc(-n2c3ccc4ccccc4c3c3cc(-c4cc5c6c(c4)c4ccccc4n6-c4nc6ccccc6cc4-c4ccccc4-5)c4ccccc4c32)cc1. The number of pyridine rings is 1. The summed E-state index contributed by atoms with van der Waals surface area (Å²) in [7, 11) is 0. The van der Waals surface area contributed by atoms with Crippen LogP contribution in [0.5, 0.6) is 0 Å². The molecular formula is C53H31N3. The maximum Gasteiger partial charge on any atom is 0.146 e. The van der Waals surface area contributed by atoms with Gasteiger partial charge in [-0.25, -0.2) is 4.98 Å². The molecule has 56 heavy (non-hydrogen) atoms. The Labute approximate surface area is 321 Å². The number of rotatable bonds is 2. The van der Waals surface area contributed by atoms with E-state index in [1.165, 1.54) is 87.5 Å². The second-order valence-corrected chi connectivity index (χ2v) is 15.1. The van der Waals surface area contributed by atoms with Gasteiger partial charge in [0.2, 0.25) is 0 Å². The van der Waals surface area contributed by atoms with Crippen LogP contribution in [0.3, 0.4) is 0 Å². The third kappa shape index (κ3) is 3.93. The van der Waals surface area contributed by atoms with Crippen LogP contribution in [-0.2, 0) is 0 Å². The molecule has 0 aliphatic carbocycles. The van der Waals surface area contributed by atoms with Crippen molar-refractivity contribution in [1.82, 2.24) is 14.1 Å². The maximum absolute atomic E-state index is 5.42. The quantitative estimate of drug-likeness (QED) is 0.175. The van der Waals surface area contributed by atoms with Crippen LogP contribution >= 0.6 is 0 Å². The van der Waals surface area contributed by atoms with E-state index in [0.29, 0.717) is 0 Å². The van der Waals surface area contributed by atoms with Crippen molar-refractivity contribution in [2.24, 2.45) is 0 Å². The third-order valence-electron chi connectivity index (χ3n) is 12.2. The van der Waals surface area contributed by atoms with E-state index < -0.39 is 0 Å². The van der Waals surface area contributed by atoms with Crippen LogP contribution < -0.4 is 0 Å². The highest BCUT2D eigenvalue weighted by molar-refractivity contribution is 6.28. The van der Waals surface area contributed by atoms with Crippen LogP contribution in [0.25, 0.3) is 121 Å². The molecule has 258 valence electrons. The number of hydrogen-bond donors (Lipinski definition) is 0. The minimum absolute atomic E-state index is 0.973. The van der Waals surface area contributed by atoms with Gasteiger partial charge in [0.25, 0.3) is 0 Å². The third-order valence-corrected chi connectivity index (χ3v) is 12.2. The van der Waals surface area contributed by atoms with Crippen molar-refractivity contribution >= 4 is 76.1 Å². The Balaban J connectivity index is 1.21. The van der Waals surface area contributed by atoms with Gasteiger partial charge in [0.05, 0.1) is 27.6 Å². The number of fused-ring (bicyclic) bond motifs is 16. The molecule has 0 spiro atoms. The zero-order valence-electron chi connectivity index (χ0n) is 30.2. The normalized spacial score (nSPS) is 12.3. The molecule has 0 radical (unpaired) electrons. The minimum Gasteiger partial charge on any atom is -0.309 e. The average Bonchev–Trinajstić information content (AvgIpc) is 3.75. The second kappa shape index (κ2) is 11.0. The first-order valence-electron chi connectivity index (χ1n) is 19.3. The summed E-state index contributed by atoms with van der Waals surface area (Å²) in [6.45, 7) is 0. The van der Waals surface area contributed by atoms with E-state index in [4.69, 9.17) is 4.98 Å². The van der Waals surface area contributed by atoms with Crippen LogP contribution in [0.15, 0.2) is 188 Å². The highest BCUT2D eigenvalue weighted by atomic mass is 15.1. The molecule has 0 fully saturated rings. The summed E-state index contributed by atoms with van der Waals surface area (Å²) in [5, 5.41) is 11.1. The number of hydrogen-bond acceptors (Lipinski definition) is 1. The summed E-state index contributed by atoms with van der Waals surface area (Å²) in [6, 6.07) is 69.1. The van der Waals surface area contributed by atoms with Crippen molar-refractivity contribution < 1.29 is 0 Å². The first-order chi connectivity index (χ1) is 27.8. The lowest BCUT2D eigenvalue weighted by Crippen LogP contribution is -2.00. The molecular weight excluding hydrogens is 679 g/mol. The number of aromatic nitrogens is 3. The van der Waals surface area contributed by atoms with Crippen molar-refractivity contribution in [2.75, 3.05) is 0 Å². The molecule has 0 saturated heterocycles. The van der Waals surface area contributed by atoms with Crippen LogP contribution in [0.4, 0.5) is 0 Å². The van der Waals surface area contributed by atoms with E-state index in [0.717, 1.165) is 33.5 Å². The Morgan fingerprint density at radius 2 is 1.02 bits per heavy atom. The molecule has 9 aromatic carbocycles. The number of para-hydroxylation sites is 3. The van der Waals surface area contributed by atoms with Gasteiger partial charge in [-0.1, -0.05) is 133 Å². The van der Waals surface area contributed by atoms with Crippen LogP contribution in [0.2, 0.25) is 0 Å². The highest BCUT2D eigenvalue weighted by Gasteiger charge is 2.27. The van der Waals surface area contributed by atoms with E-state index in [-0.39, 0.29) is 0 Å². The van der Waals surface area contributed by atoms with Crippen molar-refractivity contribution in [3.05, 3.63) is 188 Å². The maximum atomic E-state index is 5.42. The molecule has 3 aromatic heterocycles. The summed E-state index contributed by atoms with van der Waals surface area (Å²) >= 11 is 0. The van der Waals surface area contributed by atoms with Crippen molar-refractivity contribution in [3.8, 4) is 44.9 Å². The Bertz CT molecular complexity index is 3640. The Kier molecular flexibility index (Phi) is 5.89. The van der Waals surface area contributed by atoms with E-state index in [1.807, 2.05) is 0 Å². The van der Waals surface area contributed by atoms with Crippen molar-refractivity contribution in [3.63, 3.8) is 0 Å². The molecule has 0 amide bonds. The smallest absolute Gasteiger partial charge is 0.146 e.